The largest absolute Gasteiger partial charge is 0.497 e. The summed E-state index contributed by atoms with van der Waals surface area (Å²) in [7, 11) is 1.71. The van der Waals surface area contributed by atoms with Gasteiger partial charge >= 0.3 is 0 Å². The number of hydrogen-bond acceptors (Lipinski definition) is 5. The Morgan fingerprint density at radius 3 is 2.23 bits per heavy atom. The molecule has 3 heterocycles. The van der Waals surface area contributed by atoms with Gasteiger partial charge in [-0.15, -0.1) is 0 Å². The molecule has 0 unspecified atom stereocenters. The molecule has 0 atom stereocenters. The first kappa shape index (κ1) is 26.0. The average Bonchev–Trinajstić information content (AvgIpc) is 3.46. The van der Waals surface area contributed by atoms with Crippen molar-refractivity contribution in [3.8, 4) is 33.9 Å². The van der Waals surface area contributed by atoms with Gasteiger partial charge in [0.05, 0.1) is 19.4 Å². The Morgan fingerprint density at radius 2 is 1.45 bits per heavy atom. The summed E-state index contributed by atoms with van der Waals surface area (Å²) in [5.41, 5.74) is 6.85. The smallest absolute Gasteiger partial charge is 0.137 e. The maximum atomic E-state index is 6.03. The van der Waals surface area contributed by atoms with Crippen LogP contribution in [-0.4, -0.2) is 60.7 Å². The summed E-state index contributed by atoms with van der Waals surface area (Å²) in [4.78, 5) is 9.80. The Hall–Kier alpha value is -4.29. The molecule has 0 N–H and O–H groups in total. The van der Waals surface area contributed by atoms with Crippen LogP contribution in [0.3, 0.4) is 0 Å². The Morgan fingerprint density at radius 1 is 0.725 bits per heavy atom. The van der Waals surface area contributed by atoms with Gasteiger partial charge in [-0.3, -0.25) is 4.90 Å². The number of ether oxygens (including phenoxy) is 2. The molecule has 1 fully saturated rings. The van der Waals surface area contributed by atoms with Gasteiger partial charge in [-0.1, -0.05) is 36.4 Å². The van der Waals surface area contributed by atoms with Crippen LogP contribution >= 0.6 is 0 Å². The maximum Gasteiger partial charge on any atom is 0.137 e. The Balaban J connectivity index is 0.937. The van der Waals surface area contributed by atoms with Crippen LogP contribution in [0.25, 0.3) is 28.0 Å². The normalized spacial score (nSPS) is 14.0. The topological polar surface area (TPSA) is 42.2 Å². The van der Waals surface area contributed by atoms with E-state index in [-0.39, 0.29) is 0 Å². The van der Waals surface area contributed by atoms with Crippen molar-refractivity contribution in [1.29, 1.82) is 0 Å². The zero-order valence-corrected chi connectivity index (χ0v) is 23.1. The van der Waals surface area contributed by atoms with E-state index in [1.165, 1.54) is 16.8 Å². The standard InChI is InChI=1S/C34H36N4O2/c1-39-29-15-11-27(12-16-29)31-8-2-3-9-33(31)37-23-21-36(22-24-37)19-6-7-25-40-30-17-13-28(14-18-30)32-26-38-20-5-4-10-34(38)35-32/h2-5,8-18,20,26H,6-7,19,21-25H2,1H3. The Labute approximate surface area is 236 Å². The van der Waals surface area contributed by atoms with E-state index in [0.717, 1.165) is 80.6 Å². The van der Waals surface area contributed by atoms with E-state index < -0.39 is 0 Å². The number of methoxy groups -OCH3 is 1. The minimum atomic E-state index is 0.739. The monoisotopic (exact) mass is 532 g/mol. The summed E-state index contributed by atoms with van der Waals surface area (Å²) in [5, 5.41) is 0. The molecule has 0 saturated carbocycles. The lowest BCUT2D eigenvalue weighted by molar-refractivity contribution is 0.238. The molecule has 6 rings (SSSR count). The molecule has 3 aromatic carbocycles. The molecular weight excluding hydrogens is 496 g/mol. The second-order valence-electron chi connectivity index (χ2n) is 10.2. The van der Waals surface area contributed by atoms with E-state index >= 15 is 0 Å². The number of fused-ring (bicyclic) bond motifs is 1. The second kappa shape index (κ2) is 12.3. The van der Waals surface area contributed by atoms with Crippen molar-refractivity contribution < 1.29 is 9.47 Å². The van der Waals surface area contributed by atoms with Gasteiger partial charge in [-0.05, 0) is 79.5 Å². The fraction of sp³-hybridized carbons (Fsp3) is 0.265. The summed E-state index contributed by atoms with van der Waals surface area (Å²) in [6, 6.07) is 31.4. The number of pyridine rings is 1. The minimum Gasteiger partial charge on any atom is -0.497 e. The van der Waals surface area contributed by atoms with Gasteiger partial charge in [-0.25, -0.2) is 4.98 Å². The van der Waals surface area contributed by atoms with Crippen molar-refractivity contribution >= 4 is 11.3 Å². The van der Waals surface area contributed by atoms with Crippen molar-refractivity contribution in [3.05, 3.63) is 103 Å². The highest BCUT2D eigenvalue weighted by atomic mass is 16.5. The van der Waals surface area contributed by atoms with Crippen molar-refractivity contribution in [2.45, 2.75) is 12.8 Å². The van der Waals surface area contributed by atoms with Crippen molar-refractivity contribution in [1.82, 2.24) is 14.3 Å². The van der Waals surface area contributed by atoms with Gasteiger partial charge in [-0.2, -0.15) is 0 Å². The molecule has 5 aromatic rings. The fourth-order valence-corrected chi connectivity index (χ4v) is 5.40. The number of anilines is 1. The summed E-state index contributed by atoms with van der Waals surface area (Å²) in [6.45, 7) is 6.11. The molecule has 0 bridgehead atoms. The molecule has 1 aliphatic rings. The van der Waals surface area contributed by atoms with E-state index in [9.17, 15) is 0 Å². The van der Waals surface area contributed by atoms with Crippen LogP contribution in [0.4, 0.5) is 5.69 Å². The zero-order chi connectivity index (χ0) is 27.1. The molecule has 6 heteroatoms. The van der Waals surface area contributed by atoms with Crippen LogP contribution in [0, 0.1) is 0 Å². The van der Waals surface area contributed by atoms with Gasteiger partial charge in [0.2, 0.25) is 0 Å². The van der Waals surface area contributed by atoms with Crippen LogP contribution in [-0.2, 0) is 0 Å². The molecule has 0 aliphatic carbocycles. The van der Waals surface area contributed by atoms with Crippen LogP contribution in [0.1, 0.15) is 12.8 Å². The first-order valence-electron chi connectivity index (χ1n) is 14.1. The van der Waals surface area contributed by atoms with E-state index in [1.807, 2.05) is 53.1 Å². The molecule has 2 aromatic heterocycles. The predicted octanol–water partition coefficient (Wildman–Crippen LogP) is 6.66. The number of hydrogen-bond donors (Lipinski definition) is 0. The average molecular weight is 533 g/mol. The van der Waals surface area contributed by atoms with E-state index in [1.54, 1.807) is 7.11 Å². The lowest BCUT2D eigenvalue weighted by Crippen LogP contribution is -2.46. The van der Waals surface area contributed by atoms with Gasteiger partial charge in [0, 0.05) is 55.4 Å². The molecule has 40 heavy (non-hydrogen) atoms. The molecular formula is C34H36N4O2. The summed E-state index contributed by atoms with van der Waals surface area (Å²) >= 11 is 0. The third-order valence-electron chi connectivity index (χ3n) is 7.67. The van der Waals surface area contributed by atoms with E-state index in [0.29, 0.717) is 0 Å². The summed E-state index contributed by atoms with van der Waals surface area (Å²) < 4.78 is 13.4. The van der Waals surface area contributed by atoms with Crippen molar-refractivity contribution in [3.63, 3.8) is 0 Å². The number of piperazine rings is 1. The predicted molar refractivity (Wildman–Crippen MR) is 162 cm³/mol. The van der Waals surface area contributed by atoms with Crippen molar-refractivity contribution in [2.24, 2.45) is 0 Å². The fourth-order valence-electron chi connectivity index (χ4n) is 5.40. The maximum absolute atomic E-state index is 6.03. The van der Waals surface area contributed by atoms with Crippen LogP contribution in [0.15, 0.2) is 103 Å². The lowest BCUT2D eigenvalue weighted by atomic mass is 10.0. The summed E-state index contributed by atoms with van der Waals surface area (Å²) in [6.07, 6.45) is 6.27. The first-order chi connectivity index (χ1) is 19.8. The number of rotatable bonds is 10. The quantitative estimate of drug-likeness (QED) is 0.188. The molecule has 0 radical (unpaired) electrons. The molecule has 1 aliphatic heterocycles. The number of imidazole rings is 1. The van der Waals surface area contributed by atoms with Crippen molar-refractivity contribution in [2.75, 3.05) is 51.3 Å². The highest BCUT2D eigenvalue weighted by molar-refractivity contribution is 5.79. The van der Waals surface area contributed by atoms with Crippen LogP contribution < -0.4 is 14.4 Å². The molecule has 0 spiro atoms. The summed E-state index contributed by atoms with van der Waals surface area (Å²) in [5.74, 6) is 1.80. The van der Waals surface area contributed by atoms with Gasteiger partial charge in [0.25, 0.3) is 0 Å². The number of unbranched alkanes of at least 4 members (excludes halogenated alkanes) is 1. The third kappa shape index (κ3) is 5.97. The SMILES string of the molecule is COc1ccc(-c2ccccc2N2CCN(CCCCOc3ccc(-c4cn5ccccc5n4)cc3)CC2)cc1. The van der Waals surface area contributed by atoms with Gasteiger partial charge < -0.3 is 18.8 Å². The number of benzene rings is 3. The highest BCUT2D eigenvalue weighted by Gasteiger charge is 2.19. The van der Waals surface area contributed by atoms with E-state index in [4.69, 9.17) is 14.5 Å². The molecule has 6 nitrogen and oxygen atoms in total. The molecule has 1 saturated heterocycles. The lowest BCUT2D eigenvalue weighted by Gasteiger charge is -2.37. The number of nitrogens with zero attached hydrogens (tertiary/aromatic N) is 4. The number of para-hydroxylation sites is 1. The third-order valence-corrected chi connectivity index (χ3v) is 7.67. The van der Waals surface area contributed by atoms with E-state index in [2.05, 4.69) is 64.5 Å². The number of aromatic nitrogens is 2. The minimum absolute atomic E-state index is 0.739. The van der Waals surface area contributed by atoms with Crippen LogP contribution in [0.2, 0.25) is 0 Å². The second-order valence-corrected chi connectivity index (χ2v) is 10.2. The van der Waals surface area contributed by atoms with Crippen LogP contribution in [0.5, 0.6) is 11.5 Å². The molecule has 204 valence electrons. The first-order valence-corrected chi connectivity index (χ1v) is 14.1. The Kier molecular flexibility index (Phi) is 7.96. The van der Waals surface area contributed by atoms with Gasteiger partial charge in [0.15, 0.2) is 0 Å². The highest BCUT2D eigenvalue weighted by Crippen LogP contribution is 2.32. The van der Waals surface area contributed by atoms with Gasteiger partial charge in [0.1, 0.15) is 17.1 Å². The Bertz CT molecular complexity index is 1490. The molecule has 0 amide bonds. The zero-order valence-electron chi connectivity index (χ0n) is 23.1.